The largest absolute Gasteiger partial charge is 0.383 e. The monoisotopic (exact) mass is 215 g/mol. The Kier molecular flexibility index (Phi) is 6.17. The minimum atomic E-state index is 0.561. The number of hydrogen-bond donors (Lipinski definition) is 1. The Hall–Kier alpha value is -0.160. The minimum Gasteiger partial charge on any atom is -0.383 e. The molecule has 1 atom stereocenters. The Bertz CT molecular complexity index is 162. The van der Waals surface area contributed by atoms with Crippen LogP contribution in [0.25, 0.3) is 0 Å². The molecule has 0 spiro atoms. The summed E-state index contributed by atoms with van der Waals surface area (Å²) in [7, 11) is 6.04. The summed E-state index contributed by atoms with van der Waals surface area (Å²) in [6.07, 6.45) is 1.24. The normalized spacial score (nSPS) is 23.6. The average Bonchev–Trinajstić information content (AvgIpc) is 2.20. The Labute approximate surface area is 93.6 Å². The first kappa shape index (κ1) is 12.9. The van der Waals surface area contributed by atoms with Gasteiger partial charge in [-0.3, -0.25) is 4.90 Å². The maximum Gasteiger partial charge on any atom is 0.0630 e. The maximum atomic E-state index is 5.25. The lowest BCUT2D eigenvalue weighted by Crippen LogP contribution is -2.53. The van der Waals surface area contributed by atoms with E-state index in [0.29, 0.717) is 6.04 Å². The van der Waals surface area contributed by atoms with Crippen molar-refractivity contribution < 1.29 is 4.74 Å². The summed E-state index contributed by atoms with van der Waals surface area (Å²) in [5.74, 6) is 0. The van der Waals surface area contributed by atoms with E-state index in [9.17, 15) is 0 Å². The highest BCUT2D eigenvalue weighted by molar-refractivity contribution is 4.79. The second-order valence-corrected chi connectivity index (χ2v) is 4.51. The third kappa shape index (κ3) is 4.93. The van der Waals surface area contributed by atoms with Gasteiger partial charge in [0.25, 0.3) is 0 Å². The zero-order chi connectivity index (χ0) is 11.1. The molecule has 1 unspecified atom stereocenters. The predicted octanol–water partition coefficient (Wildman–Crippen LogP) is -0.142. The first-order valence-corrected chi connectivity index (χ1v) is 5.82. The highest BCUT2D eigenvalue weighted by Crippen LogP contribution is 2.04. The van der Waals surface area contributed by atoms with Crippen molar-refractivity contribution in [2.75, 3.05) is 60.5 Å². The number of hydrogen-bond acceptors (Lipinski definition) is 4. The molecule has 4 heteroatoms. The quantitative estimate of drug-likeness (QED) is 0.667. The van der Waals surface area contributed by atoms with Gasteiger partial charge < -0.3 is 15.0 Å². The van der Waals surface area contributed by atoms with Crippen LogP contribution in [0.5, 0.6) is 0 Å². The van der Waals surface area contributed by atoms with Gasteiger partial charge in [-0.05, 0) is 33.6 Å². The molecule has 1 heterocycles. The van der Waals surface area contributed by atoms with Crippen molar-refractivity contribution in [3.63, 3.8) is 0 Å². The molecule has 0 aromatic carbocycles. The van der Waals surface area contributed by atoms with E-state index >= 15 is 0 Å². The van der Waals surface area contributed by atoms with Gasteiger partial charge in [-0.25, -0.2) is 0 Å². The zero-order valence-corrected chi connectivity index (χ0v) is 10.3. The molecule has 0 radical (unpaired) electrons. The van der Waals surface area contributed by atoms with Gasteiger partial charge in [0.05, 0.1) is 6.61 Å². The van der Waals surface area contributed by atoms with Crippen LogP contribution in [0.15, 0.2) is 0 Å². The molecule has 90 valence electrons. The summed E-state index contributed by atoms with van der Waals surface area (Å²) >= 11 is 0. The summed E-state index contributed by atoms with van der Waals surface area (Å²) in [5, 5.41) is 3.42. The molecule has 4 nitrogen and oxygen atoms in total. The second kappa shape index (κ2) is 7.17. The van der Waals surface area contributed by atoms with Crippen molar-refractivity contribution in [3.8, 4) is 0 Å². The van der Waals surface area contributed by atoms with Gasteiger partial charge in [-0.15, -0.1) is 0 Å². The van der Waals surface area contributed by atoms with Gasteiger partial charge in [0.2, 0.25) is 0 Å². The van der Waals surface area contributed by atoms with Gasteiger partial charge in [-0.2, -0.15) is 0 Å². The van der Waals surface area contributed by atoms with Crippen molar-refractivity contribution >= 4 is 0 Å². The molecule has 1 aliphatic rings. The molecule has 0 amide bonds. The topological polar surface area (TPSA) is 27.7 Å². The van der Waals surface area contributed by atoms with E-state index in [1.54, 1.807) is 7.11 Å². The van der Waals surface area contributed by atoms with E-state index in [1.807, 2.05) is 0 Å². The Morgan fingerprint density at radius 2 is 2.27 bits per heavy atom. The minimum absolute atomic E-state index is 0.561. The summed E-state index contributed by atoms with van der Waals surface area (Å²) in [6.45, 7) is 6.53. The number of methoxy groups -OCH3 is 1. The van der Waals surface area contributed by atoms with Gasteiger partial charge in [0, 0.05) is 32.8 Å². The van der Waals surface area contributed by atoms with Crippen LogP contribution in [0.3, 0.4) is 0 Å². The standard InChI is InChI=1S/C11H25N3O/c1-13(2)6-4-7-14-8-5-12-9-11(14)10-15-3/h11-12H,4-10H2,1-3H3. The summed E-state index contributed by atoms with van der Waals surface area (Å²) in [5.41, 5.74) is 0. The lowest BCUT2D eigenvalue weighted by atomic mass is 10.2. The van der Waals surface area contributed by atoms with E-state index in [1.165, 1.54) is 19.5 Å². The van der Waals surface area contributed by atoms with Gasteiger partial charge in [-0.1, -0.05) is 0 Å². The predicted molar refractivity (Wildman–Crippen MR) is 63.3 cm³/mol. The molecule has 0 aromatic rings. The first-order valence-electron chi connectivity index (χ1n) is 5.82. The number of nitrogens with one attached hydrogen (secondary N) is 1. The molecule has 0 saturated carbocycles. The fraction of sp³-hybridized carbons (Fsp3) is 1.00. The zero-order valence-electron chi connectivity index (χ0n) is 10.3. The Balaban J connectivity index is 2.23. The first-order chi connectivity index (χ1) is 7.24. The van der Waals surface area contributed by atoms with Crippen molar-refractivity contribution in [2.45, 2.75) is 12.5 Å². The molecular formula is C11H25N3O. The van der Waals surface area contributed by atoms with E-state index in [4.69, 9.17) is 4.74 Å². The summed E-state index contributed by atoms with van der Waals surface area (Å²) in [6, 6.07) is 0.561. The molecule has 1 saturated heterocycles. The number of rotatable bonds is 6. The SMILES string of the molecule is COCC1CNCCN1CCCN(C)C. The van der Waals surface area contributed by atoms with Crippen LogP contribution in [0, 0.1) is 0 Å². The molecule has 0 bridgehead atoms. The van der Waals surface area contributed by atoms with Crippen LogP contribution >= 0.6 is 0 Å². The molecule has 1 fully saturated rings. The van der Waals surface area contributed by atoms with E-state index in [-0.39, 0.29) is 0 Å². The van der Waals surface area contributed by atoms with Crippen molar-refractivity contribution in [3.05, 3.63) is 0 Å². The Morgan fingerprint density at radius 3 is 2.93 bits per heavy atom. The summed E-state index contributed by atoms with van der Waals surface area (Å²) in [4.78, 5) is 4.79. The Morgan fingerprint density at radius 1 is 1.47 bits per heavy atom. The lowest BCUT2D eigenvalue weighted by molar-refractivity contribution is 0.0716. The smallest absolute Gasteiger partial charge is 0.0630 e. The number of nitrogens with zero attached hydrogens (tertiary/aromatic N) is 2. The number of ether oxygens (including phenoxy) is 1. The van der Waals surface area contributed by atoms with Gasteiger partial charge in [0.1, 0.15) is 0 Å². The van der Waals surface area contributed by atoms with Crippen LogP contribution in [0.4, 0.5) is 0 Å². The van der Waals surface area contributed by atoms with Crippen LogP contribution in [-0.2, 0) is 4.74 Å². The van der Waals surface area contributed by atoms with Crippen molar-refractivity contribution in [1.29, 1.82) is 0 Å². The van der Waals surface area contributed by atoms with Crippen molar-refractivity contribution in [2.24, 2.45) is 0 Å². The van der Waals surface area contributed by atoms with Crippen molar-refractivity contribution in [1.82, 2.24) is 15.1 Å². The van der Waals surface area contributed by atoms with E-state index in [0.717, 1.165) is 26.2 Å². The third-order valence-electron chi connectivity index (χ3n) is 2.88. The molecule has 1 rings (SSSR count). The maximum absolute atomic E-state index is 5.25. The molecular weight excluding hydrogens is 190 g/mol. The molecule has 15 heavy (non-hydrogen) atoms. The highest BCUT2D eigenvalue weighted by Gasteiger charge is 2.21. The summed E-state index contributed by atoms with van der Waals surface area (Å²) < 4.78 is 5.25. The van der Waals surface area contributed by atoms with Crippen LogP contribution in [-0.4, -0.2) is 76.4 Å². The third-order valence-corrected chi connectivity index (χ3v) is 2.88. The molecule has 0 aliphatic carbocycles. The van der Waals surface area contributed by atoms with Crippen LogP contribution in [0.2, 0.25) is 0 Å². The van der Waals surface area contributed by atoms with Gasteiger partial charge >= 0.3 is 0 Å². The molecule has 1 N–H and O–H groups in total. The highest BCUT2D eigenvalue weighted by atomic mass is 16.5. The van der Waals surface area contributed by atoms with Crippen LogP contribution in [0.1, 0.15) is 6.42 Å². The molecule has 1 aliphatic heterocycles. The lowest BCUT2D eigenvalue weighted by Gasteiger charge is -2.35. The fourth-order valence-corrected chi connectivity index (χ4v) is 2.04. The van der Waals surface area contributed by atoms with Gasteiger partial charge in [0.15, 0.2) is 0 Å². The van der Waals surface area contributed by atoms with E-state index in [2.05, 4.69) is 29.2 Å². The average molecular weight is 215 g/mol. The van der Waals surface area contributed by atoms with E-state index < -0.39 is 0 Å². The molecule has 0 aromatic heterocycles. The van der Waals surface area contributed by atoms with Crippen LogP contribution < -0.4 is 5.32 Å². The number of piperazine rings is 1. The second-order valence-electron chi connectivity index (χ2n) is 4.51. The fourth-order valence-electron chi connectivity index (χ4n) is 2.04.